The Morgan fingerprint density at radius 1 is 1.62 bits per heavy atom. The van der Waals surface area contributed by atoms with E-state index in [4.69, 9.17) is 4.74 Å². The molecule has 4 nitrogen and oxygen atoms in total. The second-order valence-corrected chi connectivity index (χ2v) is 4.78. The van der Waals surface area contributed by atoms with E-state index in [2.05, 4.69) is 5.10 Å². The molecule has 1 N–H and O–H groups in total. The van der Waals surface area contributed by atoms with Gasteiger partial charge in [0.05, 0.1) is 17.4 Å². The van der Waals surface area contributed by atoms with Crippen molar-refractivity contribution >= 4 is 0 Å². The number of aliphatic hydroxyl groups excluding tert-OH is 1. The summed E-state index contributed by atoms with van der Waals surface area (Å²) in [5.41, 5.74) is 0.884. The lowest BCUT2D eigenvalue weighted by atomic mass is 9.75. The van der Waals surface area contributed by atoms with Crippen LogP contribution >= 0.6 is 0 Å². The molecule has 1 aromatic rings. The lowest BCUT2D eigenvalue weighted by Crippen LogP contribution is -2.42. The number of methoxy groups -OCH3 is 1. The maximum absolute atomic E-state index is 10.0. The number of rotatable bonds is 5. The summed E-state index contributed by atoms with van der Waals surface area (Å²) in [6.45, 7) is 0. The summed E-state index contributed by atoms with van der Waals surface area (Å²) in [5, 5.41) is 14.3. The number of aromatic nitrogens is 2. The van der Waals surface area contributed by atoms with Gasteiger partial charge < -0.3 is 9.84 Å². The lowest BCUT2D eigenvalue weighted by molar-refractivity contribution is -0.0990. The zero-order valence-electron chi connectivity index (χ0n) is 10.0. The van der Waals surface area contributed by atoms with Crippen LogP contribution in [0.15, 0.2) is 12.3 Å². The molecule has 1 heterocycles. The molecule has 0 saturated heterocycles. The van der Waals surface area contributed by atoms with E-state index in [1.54, 1.807) is 11.8 Å². The third kappa shape index (κ3) is 2.44. The van der Waals surface area contributed by atoms with E-state index < -0.39 is 0 Å². The molecular weight excluding hydrogens is 204 g/mol. The Morgan fingerprint density at radius 3 is 2.81 bits per heavy atom. The molecule has 0 aromatic carbocycles. The summed E-state index contributed by atoms with van der Waals surface area (Å²) in [4.78, 5) is 0. The van der Waals surface area contributed by atoms with Gasteiger partial charge in [-0.1, -0.05) is 0 Å². The van der Waals surface area contributed by atoms with Crippen LogP contribution in [-0.2, 0) is 18.2 Å². The first-order chi connectivity index (χ1) is 7.63. The van der Waals surface area contributed by atoms with Crippen molar-refractivity contribution in [3.63, 3.8) is 0 Å². The predicted octanol–water partition coefficient (Wildman–Crippen LogP) is 1.28. The molecule has 2 rings (SSSR count). The van der Waals surface area contributed by atoms with Gasteiger partial charge in [-0.2, -0.15) is 5.10 Å². The van der Waals surface area contributed by atoms with E-state index in [1.165, 1.54) is 6.42 Å². The fraction of sp³-hybridized carbons (Fsp3) is 0.750. The normalized spacial score (nSPS) is 20.4. The Kier molecular flexibility index (Phi) is 3.30. The number of aliphatic hydroxyl groups is 1. The van der Waals surface area contributed by atoms with Crippen LogP contribution < -0.4 is 0 Å². The molecule has 16 heavy (non-hydrogen) atoms. The summed E-state index contributed by atoms with van der Waals surface area (Å²) >= 11 is 0. The van der Waals surface area contributed by atoms with Gasteiger partial charge in [0.15, 0.2) is 0 Å². The Hall–Kier alpha value is -0.870. The second kappa shape index (κ2) is 4.55. The van der Waals surface area contributed by atoms with Crippen molar-refractivity contribution < 1.29 is 9.84 Å². The van der Waals surface area contributed by atoms with Crippen molar-refractivity contribution in [2.75, 3.05) is 7.11 Å². The van der Waals surface area contributed by atoms with Crippen molar-refractivity contribution in [2.24, 2.45) is 7.05 Å². The quantitative estimate of drug-likeness (QED) is 0.819. The van der Waals surface area contributed by atoms with Crippen LogP contribution in [0.1, 0.15) is 31.4 Å². The molecule has 0 radical (unpaired) electrons. The van der Waals surface area contributed by atoms with E-state index in [0.29, 0.717) is 6.42 Å². The van der Waals surface area contributed by atoms with Crippen molar-refractivity contribution in [3.8, 4) is 0 Å². The zero-order chi connectivity index (χ0) is 11.6. The molecule has 1 aliphatic carbocycles. The van der Waals surface area contributed by atoms with Crippen LogP contribution in [0.3, 0.4) is 0 Å². The molecule has 1 atom stereocenters. The first kappa shape index (κ1) is 11.6. The van der Waals surface area contributed by atoms with Crippen molar-refractivity contribution in [1.29, 1.82) is 0 Å². The summed E-state index contributed by atoms with van der Waals surface area (Å²) < 4.78 is 7.26. The van der Waals surface area contributed by atoms with Gasteiger partial charge in [0.25, 0.3) is 0 Å². The summed E-state index contributed by atoms with van der Waals surface area (Å²) in [6.07, 6.45) is 6.24. The molecule has 0 spiro atoms. The minimum absolute atomic E-state index is 0.0613. The minimum atomic E-state index is -0.352. The number of ether oxygens (including phenoxy) is 1. The number of hydrogen-bond acceptors (Lipinski definition) is 3. The minimum Gasteiger partial charge on any atom is -0.393 e. The summed E-state index contributed by atoms with van der Waals surface area (Å²) in [7, 11) is 3.63. The fourth-order valence-corrected chi connectivity index (χ4v) is 2.38. The van der Waals surface area contributed by atoms with Gasteiger partial charge in [0, 0.05) is 33.2 Å². The number of hydrogen-bond donors (Lipinski definition) is 1. The van der Waals surface area contributed by atoms with Crippen LogP contribution in [-0.4, -0.2) is 33.7 Å². The lowest BCUT2D eigenvalue weighted by Gasteiger charge is -2.41. The highest BCUT2D eigenvalue weighted by Gasteiger charge is 2.38. The molecule has 1 unspecified atom stereocenters. The van der Waals surface area contributed by atoms with Gasteiger partial charge in [-0.15, -0.1) is 0 Å². The molecule has 4 heteroatoms. The molecule has 0 aliphatic heterocycles. The smallest absolute Gasteiger partial charge is 0.0703 e. The van der Waals surface area contributed by atoms with Crippen LogP contribution in [0, 0.1) is 0 Å². The Labute approximate surface area is 96.2 Å². The monoisotopic (exact) mass is 224 g/mol. The predicted molar refractivity (Wildman–Crippen MR) is 61.1 cm³/mol. The maximum Gasteiger partial charge on any atom is 0.0703 e. The fourth-order valence-electron chi connectivity index (χ4n) is 2.38. The van der Waals surface area contributed by atoms with Crippen LogP contribution in [0.25, 0.3) is 0 Å². The van der Waals surface area contributed by atoms with Gasteiger partial charge in [0.1, 0.15) is 0 Å². The third-order valence-corrected chi connectivity index (χ3v) is 3.52. The average molecular weight is 224 g/mol. The third-order valence-electron chi connectivity index (χ3n) is 3.52. The first-order valence-electron chi connectivity index (χ1n) is 5.85. The van der Waals surface area contributed by atoms with E-state index >= 15 is 0 Å². The van der Waals surface area contributed by atoms with E-state index in [9.17, 15) is 5.11 Å². The van der Waals surface area contributed by atoms with E-state index in [-0.39, 0.29) is 11.7 Å². The highest BCUT2D eigenvalue weighted by molar-refractivity contribution is 5.02. The first-order valence-corrected chi connectivity index (χ1v) is 5.85. The standard InChI is InChI=1S/C12H20N2O2/c1-14-7-4-10(13-14)8-11(15)9-12(16-2)5-3-6-12/h4,7,11,15H,3,5-6,8-9H2,1-2H3. The SMILES string of the molecule is COC1(CC(O)Cc2ccn(C)n2)CCC1. The molecular formula is C12H20N2O2. The Bertz CT molecular complexity index is 339. The number of nitrogens with zero attached hydrogens (tertiary/aromatic N) is 2. The largest absolute Gasteiger partial charge is 0.393 e. The Morgan fingerprint density at radius 2 is 2.38 bits per heavy atom. The summed E-state index contributed by atoms with van der Waals surface area (Å²) in [5.74, 6) is 0. The van der Waals surface area contributed by atoms with Crippen LogP contribution in [0.4, 0.5) is 0 Å². The Balaban J connectivity index is 1.86. The molecule has 1 aliphatic rings. The second-order valence-electron chi connectivity index (χ2n) is 4.78. The molecule has 90 valence electrons. The highest BCUT2D eigenvalue weighted by atomic mass is 16.5. The van der Waals surface area contributed by atoms with Crippen molar-refractivity contribution in [2.45, 2.75) is 43.8 Å². The molecule has 0 bridgehead atoms. The topological polar surface area (TPSA) is 47.3 Å². The van der Waals surface area contributed by atoms with Gasteiger partial charge in [-0.3, -0.25) is 4.68 Å². The van der Waals surface area contributed by atoms with Crippen LogP contribution in [0.2, 0.25) is 0 Å². The van der Waals surface area contributed by atoms with E-state index in [1.807, 2.05) is 19.3 Å². The zero-order valence-corrected chi connectivity index (χ0v) is 10.0. The average Bonchev–Trinajstić information content (AvgIpc) is 2.57. The van der Waals surface area contributed by atoms with Gasteiger partial charge in [-0.25, -0.2) is 0 Å². The van der Waals surface area contributed by atoms with Crippen molar-refractivity contribution in [1.82, 2.24) is 9.78 Å². The highest BCUT2D eigenvalue weighted by Crippen LogP contribution is 2.39. The molecule has 0 amide bonds. The van der Waals surface area contributed by atoms with Crippen molar-refractivity contribution in [3.05, 3.63) is 18.0 Å². The van der Waals surface area contributed by atoms with Gasteiger partial charge in [0.2, 0.25) is 0 Å². The van der Waals surface area contributed by atoms with E-state index in [0.717, 1.165) is 25.0 Å². The number of aryl methyl sites for hydroxylation is 1. The van der Waals surface area contributed by atoms with Crippen LogP contribution in [0.5, 0.6) is 0 Å². The van der Waals surface area contributed by atoms with Gasteiger partial charge in [-0.05, 0) is 25.3 Å². The summed E-state index contributed by atoms with van der Waals surface area (Å²) in [6, 6.07) is 1.95. The molecule has 1 aromatic heterocycles. The molecule has 1 fully saturated rings. The van der Waals surface area contributed by atoms with Gasteiger partial charge >= 0.3 is 0 Å². The maximum atomic E-state index is 10.0. The molecule has 1 saturated carbocycles.